The third-order valence-electron chi connectivity index (χ3n) is 1.66. The van der Waals surface area contributed by atoms with Crippen molar-refractivity contribution in [3.05, 3.63) is 17.2 Å². The summed E-state index contributed by atoms with van der Waals surface area (Å²) in [6, 6.07) is 0. The molecule has 0 aliphatic heterocycles. The highest BCUT2D eigenvalue weighted by Crippen LogP contribution is 2.23. The lowest BCUT2D eigenvalue weighted by Crippen LogP contribution is -1.90. The van der Waals surface area contributed by atoms with Crippen molar-refractivity contribution in [2.75, 3.05) is 0 Å². The van der Waals surface area contributed by atoms with Crippen LogP contribution in [0.4, 0.5) is 0 Å². The van der Waals surface area contributed by atoms with Crippen LogP contribution >= 0.6 is 23.1 Å². The largest absolute Gasteiger partial charge is 0.338 e. The molecule has 0 aliphatic carbocycles. The van der Waals surface area contributed by atoms with Gasteiger partial charge in [0.15, 0.2) is 10.2 Å². The van der Waals surface area contributed by atoms with Crippen molar-refractivity contribution in [2.45, 2.75) is 29.9 Å². The van der Waals surface area contributed by atoms with Gasteiger partial charge in [0.1, 0.15) is 5.51 Å². The zero-order chi connectivity index (χ0) is 10.7. The number of thioether (sulfide) groups is 1. The molecule has 80 valence electrons. The topological polar surface area (TPSA) is 64.7 Å². The Kier molecular flexibility index (Phi) is 3.32. The molecule has 0 radical (unpaired) electrons. The van der Waals surface area contributed by atoms with Gasteiger partial charge in [-0.25, -0.2) is 0 Å². The number of nitrogens with zero attached hydrogens (tertiary/aromatic N) is 4. The van der Waals surface area contributed by atoms with Crippen molar-refractivity contribution in [2.24, 2.45) is 0 Å². The van der Waals surface area contributed by atoms with Gasteiger partial charge in [0, 0.05) is 5.92 Å². The Bertz CT molecular complexity index is 412. The van der Waals surface area contributed by atoms with E-state index in [1.165, 1.54) is 11.3 Å². The van der Waals surface area contributed by atoms with Gasteiger partial charge in [-0.2, -0.15) is 4.98 Å². The standard InChI is InChI=1S/C8H10N4OS2/c1-5(2)7-10-6(13-12-7)3-14-8-11-9-4-15-8/h4-5H,3H2,1-2H3. The molecule has 0 atom stereocenters. The second kappa shape index (κ2) is 4.71. The van der Waals surface area contributed by atoms with Gasteiger partial charge in [-0.15, -0.1) is 10.2 Å². The molecule has 0 aliphatic rings. The fourth-order valence-corrected chi connectivity index (χ4v) is 2.24. The monoisotopic (exact) mass is 242 g/mol. The molecule has 0 amide bonds. The summed E-state index contributed by atoms with van der Waals surface area (Å²) in [5.41, 5.74) is 1.70. The van der Waals surface area contributed by atoms with E-state index in [2.05, 4.69) is 20.3 Å². The lowest BCUT2D eigenvalue weighted by atomic mass is 10.2. The third kappa shape index (κ3) is 2.75. The fraction of sp³-hybridized carbons (Fsp3) is 0.500. The van der Waals surface area contributed by atoms with Crippen molar-refractivity contribution in [3.63, 3.8) is 0 Å². The summed E-state index contributed by atoms with van der Waals surface area (Å²) in [5, 5.41) is 11.5. The van der Waals surface area contributed by atoms with Gasteiger partial charge in [0.25, 0.3) is 0 Å². The van der Waals surface area contributed by atoms with Crippen molar-refractivity contribution < 1.29 is 4.52 Å². The first-order valence-electron chi connectivity index (χ1n) is 4.47. The molecule has 0 saturated heterocycles. The lowest BCUT2D eigenvalue weighted by Gasteiger charge is -1.92. The van der Waals surface area contributed by atoms with Gasteiger partial charge >= 0.3 is 0 Å². The Morgan fingerprint density at radius 3 is 3.00 bits per heavy atom. The molecular formula is C8H10N4OS2. The average Bonchev–Trinajstić information content (AvgIpc) is 2.86. The lowest BCUT2D eigenvalue weighted by molar-refractivity contribution is 0.383. The smallest absolute Gasteiger partial charge is 0.237 e. The SMILES string of the molecule is CC(C)c1noc(CSc2nncs2)n1. The Balaban J connectivity index is 1.94. The van der Waals surface area contributed by atoms with E-state index in [1.807, 2.05) is 13.8 Å². The molecule has 2 rings (SSSR count). The fourth-order valence-electron chi connectivity index (χ4n) is 0.910. The van der Waals surface area contributed by atoms with E-state index in [0.29, 0.717) is 17.6 Å². The van der Waals surface area contributed by atoms with Crippen molar-refractivity contribution in [1.82, 2.24) is 20.3 Å². The number of rotatable bonds is 4. The summed E-state index contributed by atoms with van der Waals surface area (Å²) < 4.78 is 6.01. The summed E-state index contributed by atoms with van der Waals surface area (Å²) in [6.07, 6.45) is 0. The van der Waals surface area contributed by atoms with Crippen LogP contribution in [-0.2, 0) is 5.75 Å². The van der Waals surface area contributed by atoms with Gasteiger partial charge in [0.2, 0.25) is 5.89 Å². The Morgan fingerprint density at radius 1 is 1.53 bits per heavy atom. The minimum absolute atomic E-state index is 0.300. The highest BCUT2D eigenvalue weighted by Gasteiger charge is 2.10. The molecule has 0 saturated carbocycles. The molecule has 0 spiro atoms. The highest BCUT2D eigenvalue weighted by molar-refractivity contribution is 8.00. The van der Waals surface area contributed by atoms with Crippen LogP contribution in [0.1, 0.15) is 31.5 Å². The molecule has 2 heterocycles. The maximum Gasteiger partial charge on any atom is 0.237 e. The van der Waals surface area contributed by atoms with E-state index in [4.69, 9.17) is 4.52 Å². The van der Waals surface area contributed by atoms with Crippen LogP contribution in [0.3, 0.4) is 0 Å². The number of aromatic nitrogens is 4. The van der Waals surface area contributed by atoms with E-state index in [9.17, 15) is 0 Å². The summed E-state index contributed by atoms with van der Waals surface area (Å²) >= 11 is 3.06. The first-order chi connectivity index (χ1) is 7.25. The molecule has 0 N–H and O–H groups in total. The summed E-state index contributed by atoms with van der Waals surface area (Å²) in [6.45, 7) is 4.07. The first-order valence-corrected chi connectivity index (χ1v) is 6.33. The molecule has 0 fully saturated rings. The van der Waals surface area contributed by atoms with E-state index < -0.39 is 0 Å². The van der Waals surface area contributed by atoms with Crippen molar-refractivity contribution >= 4 is 23.1 Å². The third-order valence-corrected chi connectivity index (χ3v) is 3.50. The van der Waals surface area contributed by atoms with Crippen LogP contribution in [0, 0.1) is 0 Å². The zero-order valence-electron chi connectivity index (χ0n) is 8.38. The number of hydrogen-bond donors (Lipinski definition) is 0. The van der Waals surface area contributed by atoms with Gasteiger partial charge in [0.05, 0.1) is 5.75 Å². The van der Waals surface area contributed by atoms with Crippen molar-refractivity contribution in [1.29, 1.82) is 0 Å². The summed E-state index contributed by atoms with van der Waals surface area (Å²) in [4.78, 5) is 4.27. The quantitative estimate of drug-likeness (QED) is 0.767. The molecule has 0 bridgehead atoms. The minimum atomic E-state index is 0.300. The highest BCUT2D eigenvalue weighted by atomic mass is 32.2. The second-order valence-electron chi connectivity index (χ2n) is 3.19. The number of hydrogen-bond acceptors (Lipinski definition) is 7. The molecular weight excluding hydrogens is 232 g/mol. The minimum Gasteiger partial charge on any atom is -0.338 e. The maximum atomic E-state index is 5.10. The van der Waals surface area contributed by atoms with E-state index in [1.54, 1.807) is 17.3 Å². The second-order valence-corrected chi connectivity index (χ2v) is 5.25. The van der Waals surface area contributed by atoms with Crippen molar-refractivity contribution in [3.8, 4) is 0 Å². The summed E-state index contributed by atoms with van der Waals surface area (Å²) in [5.74, 6) is 2.34. The van der Waals surface area contributed by atoms with Crippen LogP contribution in [0.15, 0.2) is 14.4 Å². The van der Waals surface area contributed by atoms with E-state index in [0.717, 1.165) is 10.2 Å². The molecule has 0 aromatic carbocycles. The van der Waals surface area contributed by atoms with Crippen LogP contribution in [0.25, 0.3) is 0 Å². The van der Waals surface area contributed by atoms with Crippen LogP contribution in [0.5, 0.6) is 0 Å². The molecule has 15 heavy (non-hydrogen) atoms. The first kappa shape index (κ1) is 10.6. The van der Waals surface area contributed by atoms with Gasteiger partial charge in [-0.05, 0) is 0 Å². The molecule has 5 nitrogen and oxygen atoms in total. The average molecular weight is 242 g/mol. The Labute approximate surface area is 95.3 Å². The van der Waals surface area contributed by atoms with Crippen LogP contribution < -0.4 is 0 Å². The molecule has 2 aromatic rings. The van der Waals surface area contributed by atoms with Crippen LogP contribution in [-0.4, -0.2) is 20.3 Å². The van der Waals surface area contributed by atoms with Crippen LogP contribution in [0.2, 0.25) is 0 Å². The normalized spacial score (nSPS) is 11.1. The Morgan fingerprint density at radius 2 is 2.40 bits per heavy atom. The Hall–Kier alpha value is -0.950. The van der Waals surface area contributed by atoms with Gasteiger partial charge < -0.3 is 4.52 Å². The molecule has 0 unspecified atom stereocenters. The molecule has 7 heteroatoms. The predicted molar refractivity (Wildman–Crippen MR) is 57.9 cm³/mol. The van der Waals surface area contributed by atoms with Gasteiger partial charge in [-0.3, -0.25) is 0 Å². The maximum absolute atomic E-state index is 5.10. The summed E-state index contributed by atoms with van der Waals surface area (Å²) in [7, 11) is 0. The predicted octanol–water partition coefficient (Wildman–Crippen LogP) is 2.34. The van der Waals surface area contributed by atoms with E-state index in [-0.39, 0.29) is 0 Å². The molecule has 2 aromatic heterocycles. The van der Waals surface area contributed by atoms with E-state index >= 15 is 0 Å². The zero-order valence-corrected chi connectivity index (χ0v) is 10.0. The van der Waals surface area contributed by atoms with Gasteiger partial charge in [-0.1, -0.05) is 42.1 Å².